The van der Waals surface area contributed by atoms with Gasteiger partial charge in [-0.25, -0.2) is 0 Å². The van der Waals surface area contributed by atoms with E-state index in [0.717, 1.165) is 31.5 Å². The molecule has 0 amide bonds. The molecule has 0 spiro atoms. The third kappa shape index (κ3) is 3.14. The Hall–Kier alpha value is -0.0400. The summed E-state index contributed by atoms with van der Waals surface area (Å²) in [6.07, 6.45) is 6.79. The predicted octanol–water partition coefficient (Wildman–Crippen LogP) is 3.24. The first-order valence-corrected chi connectivity index (χ1v) is 5.44. The molecule has 2 unspecified atom stereocenters. The average Bonchev–Trinajstić information content (AvgIpc) is 2.53. The Kier molecular flexibility index (Phi) is 4.67. The fraction of sp³-hybridized carbons (Fsp3) is 1.00. The molecule has 0 bridgehead atoms. The van der Waals surface area contributed by atoms with Crippen molar-refractivity contribution in [2.24, 2.45) is 11.8 Å². The lowest BCUT2D eigenvalue weighted by Gasteiger charge is -2.09. The van der Waals surface area contributed by atoms with Gasteiger partial charge in [0.05, 0.1) is 0 Å². The fourth-order valence-corrected chi connectivity index (χ4v) is 2.10. The maximum absolute atomic E-state index is 5.56. The lowest BCUT2D eigenvalue weighted by Crippen LogP contribution is -2.06. The van der Waals surface area contributed by atoms with Crippen LogP contribution in [0.3, 0.4) is 0 Å². The van der Waals surface area contributed by atoms with Crippen LogP contribution in [0, 0.1) is 11.8 Å². The lowest BCUT2D eigenvalue weighted by atomic mass is 10.0. The van der Waals surface area contributed by atoms with Crippen LogP contribution in [0.1, 0.15) is 46.0 Å². The van der Waals surface area contributed by atoms with E-state index in [1.54, 1.807) is 0 Å². The minimum absolute atomic E-state index is 0.876. The van der Waals surface area contributed by atoms with E-state index in [0.29, 0.717) is 0 Å². The van der Waals surface area contributed by atoms with Gasteiger partial charge in [0.15, 0.2) is 0 Å². The monoisotopic (exact) mass is 170 g/mol. The molecule has 0 aromatic rings. The highest BCUT2D eigenvalue weighted by molar-refractivity contribution is 4.74. The average molecular weight is 170 g/mol. The molecule has 1 fully saturated rings. The Balaban J connectivity index is 2.03. The lowest BCUT2D eigenvalue weighted by molar-refractivity contribution is 0.100. The summed E-state index contributed by atoms with van der Waals surface area (Å²) in [7, 11) is 0. The standard InChI is InChI=1S/C11H22O/c1-3-7-12-9-11-6-5-10(4-2)8-11/h10-11H,3-9H2,1-2H3. The Bertz CT molecular complexity index is 112. The highest BCUT2D eigenvalue weighted by Gasteiger charge is 2.22. The number of rotatable bonds is 5. The quantitative estimate of drug-likeness (QED) is 0.575. The third-order valence-corrected chi connectivity index (χ3v) is 2.93. The Labute approximate surface area is 76.5 Å². The van der Waals surface area contributed by atoms with Gasteiger partial charge >= 0.3 is 0 Å². The van der Waals surface area contributed by atoms with Crippen LogP contribution in [0.2, 0.25) is 0 Å². The molecule has 0 aromatic heterocycles. The molecule has 0 N–H and O–H groups in total. The van der Waals surface area contributed by atoms with Gasteiger partial charge in [-0.15, -0.1) is 0 Å². The van der Waals surface area contributed by atoms with Gasteiger partial charge in [-0.3, -0.25) is 0 Å². The second-order valence-corrected chi connectivity index (χ2v) is 4.03. The Morgan fingerprint density at radius 3 is 2.50 bits per heavy atom. The Morgan fingerprint density at radius 1 is 1.17 bits per heavy atom. The summed E-state index contributed by atoms with van der Waals surface area (Å²) >= 11 is 0. The molecule has 0 aromatic carbocycles. The summed E-state index contributed by atoms with van der Waals surface area (Å²) < 4.78 is 5.56. The first kappa shape index (κ1) is 10.0. The van der Waals surface area contributed by atoms with Crippen LogP contribution in [0.15, 0.2) is 0 Å². The first-order valence-electron chi connectivity index (χ1n) is 5.44. The minimum atomic E-state index is 0.876. The van der Waals surface area contributed by atoms with Crippen molar-refractivity contribution in [1.82, 2.24) is 0 Å². The Morgan fingerprint density at radius 2 is 1.92 bits per heavy atom. The molecular weight excluding hydrogens is 148 g/mol. The van der Waals surface area contributed by atoms with Gasteiger partial charge < -0.3 is 4.74 Å². The summed E-state index contributed by atoms with van der Waals surface area (Å²) in [5.74, 6) is 1.88. The van der Waals surface area contributed by atoms with E-state index in [4.69, 9.17) is 4.74 Å². The zero-order valence-electron chi connectivity index (χ0n) is 8.51. The summed E-state index contributed by atoms with van der Waals surface area (Å²) in [6.45, 7) is 6.45. The van der Waals surface area contributed by atoms with Crippen LogP contribution in [-0.4, -0.2) is 13.2 Å². The van der Waals surface area contributed by atoms with Crippen LogP contribution < -0.4 is 0 Å². The van der Waals surface area contributed by atoms with Gasteiger partial charge in [0, 0.05) is 13.2 Å². The molecule has 2 atom stereocenters. The van der Waals surface area contributed by atoms with Crippen LogP contribution in [-0.2, 0) is 4.74 Å². The van der Waals surface area contributed by atoms with Crippen LogP contribution >= 0.6 is 0 Å². The molecule has 0 aliphatic heterocycles. The first-order chi connectivity index (χ1) is 5.86. The van der Waals surface area contributed by atoms with Crippen LogP contribution in [0.25, 0.3) is 0 Å². The van der Waals surface area contributed by atoms with Crippen molar-refractivity contribution in [2.45, 2.75) is 46.0 Å². The van der Waals surface area contributed by atoms with E-state index >= 15 is 0 Å². The topological polar surface area (TPSA) is 9.23 Å². The van der Waals surface area contributed by atoms with E-state index in [9.17, 15) is 0 Å². The number of hydrogen-bond donors (Lipinski definition) is 0. The number of ether oxygens (including phenoxy) is 1. The smallest absolute Gasteiger partial charge is 0.0494 e. The minimum Gasteiger partial charge on any atom is -0.381 e. The molecule has 1 aliphatic rings. The molecule has 72 valence electrons. The van der Waals surface area contributed by atoms with Crippen LogP contribution in [0.4, 0.5) is 0 Å². The van der Waals surface area contributed by atoms with Crippen molar-refractivity contribution in [1.29, 1.82) is 0 Å². The van der Waals surface area contributed by atoms with Crippen molar-refractivity contribution in [3.63, 3.8) is 0 Å². The second kappa shape index (κ2) is 5.58. The van der Waals surface area contributed by atoms with Crippen molar-refractivity contribution >= 4 is 0 Å². The van der Waals surface area contributed by atoms with E-state index < -0.39 is 0 Å². The van der Waals surface area contributed by atoms with E-state index in [2.05, 4.69) is 13.8 Å². The van der Waals surface area contributed by atoms with Crippen molar-refractivity contribution in [2.75, 3.05) is 13.2 Å². The van der Waals surface area contributed by atoms with Crippen molar-refractivity contribution in [3.05, 3.63) is 0 Å². The van der Waals surface area contributed by atoms with Crippen molar-refractivity contribution in [3.8, 4) is 0 Å². The third-order valence-electron chi connectivity index (χ3n) is 2.93. The second-order valence-electron chi connectivity index (χ2n) is 4.03. The zero-order chi connectivity index (χ0) is 8.81. The normalized spacial score (nSPS) is 29.5. The molecule has 12 heavy (non-hydrogen) atoms. The highest BCUT2D eigenvalue weighted by Crippen LogP contribution is 2.32. The van der Waals surface area contributed by atoms with E-state index in [-0.39, 0.29) is 0 Å². The molecular formula is C11H22O. The van der Waals surface area contributed by atoms with Gasteiger partial charge in [-0.1, -0.05) is 26.7 Å². The summed E-state index contributed by atoms with van der Waals surface area (Å²) in [6, 6.07) is 0. The molecule has 1 nitrogen and oxygen atoms in total. The maximum atomic E-state index is 5.56. The number of hydrogen-bond acceptors (Lipinski definition) is 1. The SMILES string of the molecule is CCCOCC1CCC(CC)C1. The fourth-order valence-electron chi connectivity index (χ4n) is 2.10. The summed E-state index contributed by atoms with van der Waals surface area (Å²) in [5, 5.41) is 0. The molecule has 1 aliphatic carbocycles. The molecule has 1 rings (SSSR count). The molecule has 0 radical (unpaired) electrons. The summed E-state index contributed by atoms with van der Waals surface area (Å²) in [5.41, 5.74) is 0. The van der Waals surface area contributed by atoms with Gasteiger partial charge in [0.1, 0.15) is 0 Å². The van der Waals surface area contributed by atoms with Crippen molar-refractivity contribution < 1.29 is 4.74 Å². The molecule has 0 heterocycles. The molecule has 0 saturated heterocycles. The largest absolute Gasteiger partial charge is 0.381 e. The predicted molar refractivity (Wildman–Crippen MR) is 52.2 cm³/mol. The van der Waals surface area contributed by atoms with Gasteiger partial charge in [-0.2, -0.15) is 0 Å². The zero-order valence-corrected chi connectivity index (χ0v) is 8.51. The van der Waals surface area contributed by atoms with Crippen LogP contribution in [0.5, 0.6) is 0 Å². The van der Waals surface area contributed by atoms with E-state index in [1.807, 2.05) is 0 Å². The van der Waals surface area contributed by atoms with Gasteiger partial charge in [0.25, 0.3) is 0 Å². The van der Waals surface area contributed by atoms with E-state index in [1.165, 1.54) is 25.7 Å². The molecule has 1 saturated carbocycles. The van der Waals surface area contributed by atoms with Gasteiger partial charge in [0.2, 0.25) is 0 Å². The van der Waals surface area contributed by atoms with Gasteiger partial charge in [-0.05, 0) is 31.1 Å². The maximum Gasteiger partial charge on any atom is 0.0494 e. The summed E-state index contributed by atoms with van der Waals surface area (Å²) in [4.78, 5) is 0. The highest BCUT2D eigenvalue weighted by atomic mass is 16.5. The molecule has 1 heteroatoms.